The highest BCUT2D eigenvalue weighted by Gasteiger charge is 2.47. The van der Waals surface area contributed by atoms with Crippen LogP contribution in [0.1, 0.15) is 58.3 Å². The van der Waals surface area contributed by atoms with Crippen molar-refractivity contribution in [3.8, 4) is 5.75 Å². The molecule has 2 rings (SSSR count). The van der Waals surface area contributed by atoms with Gasteiger partial charge in [0.1, 0.15) is 17.4 Å². The van der Waals surface area contributed by atoms with Gasteiger partial charge in [0, 0.05) is 45.2 Å². The second-order valence-electron chi connectivity index (χ2n) is 8.50. The zero-order valence-electron chi connectivity index (χ0n) is 19.7. The van der Waals surface area contributed by atoms with Gasteiger partial charge in [0.05, 0.1) is 0 Å². The summed E-state index contributed by atoms with van der Waals surface area (Å²) < 4.78 is 22.5. The number of nitrogens with zero attached hydrogens (tertiary/aromatic N) is 1. The number of rotatable bonds is 7. The summed E-state index contributed by atoms with van der Waals surface area (Å²) in [4.78, 5) is 38.3. The van der Waals surface area contributed by atoms with Gasteiger partial charge >= 0.3 is 12.1 Å². The third-order valence-electron chi connectivity index (χ3n) is 4.78. The van der Waals surface area contributed by atoms with Crippen molar-refractivity contribution in [2.24, 2.45) is 0 Å². The molecule has 0 saturated carbocycles. The molecule has 0 radical (unpaired) electrons. The molecule has 0 aliphatic carbocycles. The number of hydrogen-bond donors (Lipinski definition) is 1. The van der Waals surface area contributed by atoms with Gasteiger partial charge in [0.2, 0.25) is 0 Å². The van der Waals surface area contributed by atoms with E-state index in [0.717, 1.165) is 0 Å². The van der Waals surface area contributed by atoms with Gasteiger partial charge in [-0.05, 0) is 58.9 Å². The van der Waals surface area contributed by atoms with Crippen LogP contribution < -0.4 is 10.1 Å². The maximum absolute atomic E-state index is 13.0. The summed E-state index contributed by atoms with van der Waals surface area (Å²) in [6, 6.07) is 5.59. The van der Waals surface area contributed by atoms with Gasteiger partial charge in [-0.25, -0.2) is 4.79 Å². The number of piperidine rings is 1. The van der Waals surface area contributed by atoms with Crippen LogP contribution in [-0.2, 0) is 19.0 Å². The van der Waals surface area contributed by atoms with Crippen molar-refractivity contribution in [3.63, 3.8) is 0 Å². The number of likely N-dealkylation sites (tertiary alicyclic amines) is 1. The summed E-state index contributed by atoms with van der Waals surface area (Å²) >= 11 is 0. The molecule has 1 saturated heterocycles. The maximum Gasteiger partial charge on any atom is 0.410 e. The fourth-order valence-electron chi connectivity index (χ4n) is 3.52. The molecular weight excluding hydrogens is 416 g/mol. The highest BCUT2D eigenvalue weighted by atomic mass is 16.7. The lowest BCUT2D eigenvalue weighted by molar-refractivity contribution is -0.264. The van der Waals surface area contributed by atoms with E-state index in [4.69, 9.17) is 18.9 Å². The molecule has 1 aromatic carbocycles. The van der Waals surface area contributed by atoms with Crippen molar-refractivity contribution in [1.29, 1.82) is 0 Å². The Kier molecular flexibility index (Phi) is 8.63. The molecule has 1 unspecified atom stereocenters. The van der Waals surface area contributed by atoms with Gasteiger partial charge in [-0.15, -0.1) is 0 Å². The Bertz CT molecular complexity index is 796. The van der Waals surface area contributed by atoms with E-state index in [1.54, 1.807) is 49.9 Å². The molecule has 32 heavy (non-hydrogen) atoms. The Labute approximate surface area is 189 Å². The molecule has 1 aliphatic rings. The Balaban J connectivity index is 2.22. The topological polar surface area (TPSA) is 103 Å². The predicted molar refractivity (Wildman–Crippen MR) is 117 cm³/mol. The van der Waals surface area contributed by atoms with Crippen LogP contribution in [-0.4, -0.2) is 66.6 Å². The molecule has 178 valence electrons. The lowest BCUT2D eigenvalue weighted by Crippen LogP contribution is -2.65. The molecule has 1 heterocycles. The van der Waals surface area contributed by atoms with Crippen LogP contribution >= 0.6 is 0 Å². The second-order valence-corrected chi connectivity index (χ2v) is 8.50. The number of nitrogens with one attached hydrogen (secondary N) is 1. The Morgan fingerprint density at radius 3 is 2.19 bits per heavy atom. The average molecular weight is 451 g/mol. The van der Waals surface area contributed by atoms with Crippen molar-refractivity contribution >= 4 is 18.0 Å². The molecule has 0 spiro atoms. The molecular formula is C23H34N2O7. The molecule has 9 heteroatoms. The second kappa shape index (κ2) is 10.8. The zero-order chi connectivity index (χ0) is 23.9. The Morgan fingerprint density at radius 1 is 1.09 bits per heavy atom. The monoisotopic (exact) mass is 450 g/mol. The molecule has 2 amide bonds. The number of carbonyl (C=O) groups excluding carboxylic acids is 3. The summed E-state index contributed by atoms with van der Waals surface area (Å²) in [5, 5.41) is 2.96. The molecule has 1 aromatic rings. The summed E-state index contributed by atoms with van der Waals surface area (Å²) in [5.74, 6) is -1.51. The van der Waals surface area contributed by atoms with Crippen molar-refractivity contribution in [3.05, 3.63) is 29.8 Å². The van der Waals surface area contributed by atoms with E-state index in [-0.39, 0.29) is 12.5 Å². The predicted octanol–water partition coefficient (Wildman–Crippen LogP) is 3.12. The fourth-order valence-corrected chi connectivity index (χ4v) is 3.52. The summed E-state index contributed by atoms with van der Waals surface area (Å²) in [6.07, 6.45) is -0.0753. The van der Waals surface area contributed by atoms with Gasteiger partial charge in [-0.3, -0.25) is 9.59 Å². The van der Waals surface area contributed by atoms with Gasteiger partial charge in [-0.2, -0.15) is 0 Å². The summed E-state index contributed by atoms with van der Waals surface area (Å²) in [6.45, 7) is 11.7. The summed E-state index contributed by atoms with van der Waals surface area (Å²) in [7, 11) is 0. The van der Waals surface area contributed by atoms with Crippen molar-refractivity contribution in [2.45, 2.75) is 65.4 Å². The minimum Gasteiger partial charge on any atom is -0.444 e. The molecule has 1 fully saturated rings. The smallest absolute Gasteiger partial charge is 0.410 e. The van der Waals surface area contributed by atoms with E-state index < -0.39 is 29.5 Å². The fraction of sp³-hybridized carbons (Fsp3) is 0.609. The Hall–Kier alpha value is -2.65. The lowest BCUT2D eigenvalue weighted by atomic mass is 9.96. The van der Waals surface area contributed by atoms with E-state index in [1.165, 1.54) is 6.92 Å². The number of carbonyl (C=O) groups is 3. The molecule has 1 N–H and O–H groups in total. The highest BCUT2D eigenvalue weighted by molar-refractivity contribution is 5.94. The number of ether oxygens (including phenoxy) is 4. The number of esters is 1. The molecule has 0 aromatic heterocycles. The molecule has 9 nitrogen and oxygen atoms in total. The van der Waals surface area contributed by atoms with Crippen LogP contribution in [0.5, 0.6) is 5.75 Å². The Morgan fingerprint density at radius 2 is 1.69 bits per heavy atom. The van der Waals surface area contributed by atoms with Crippen LogP contribution in [0, 0.1) is 0 Å². The van der Waals surface area contributed by atoms with Crippen LogP contribution in [0.25, 0.3) is 0 Å². The standard InChI is InChI=1S/C23H34N2O7/c1-7-29-23(30-8-2)13-14-25(21(28)32-22(4,5)6)15-19(23)24-20(27)17-9-11-18(12-10-17)31-16(3)26/h9-12,19H,7-8,13-15H2,1-6H3,(H,24,27). The van der Waals surface area contributed by atoms with Crippen molar-refractivity contribution in [2.75, 3.05) is 26.3 Å². The first kappa shape index (κ1) is 25.6. The van der Waals surface area contributed by atoms with Crippen LogP contribution in [0.4, 0.5) is 4.79 Å². The maximum atomic E-state index is 13.0. The van der Waals surface area contributed by atoms with Gasteiger partial charge in [0.15, 0.2) is 5.79 Å². The number of hydrogen-bond acceptors (Lipinski definition) is 7. The number of amides is 2. The van der Waals surface area contributed by atoms with E-state index in [2.05, 4.69) is 5.32 Å². The van der Waals surface area contributed by atoms with Crippen LogP contribution in [0.15, 0.2) is 24.3 Å². The zero-order valence-corrected chi connectivity index (χ0v) is 19.7. The normalized spacial score (nSPS) is 18.1. The van der Waals surface area contributed by atoms with Crippen LogP contribution in [0.2, 0.25) is 0 Å². The SMILES string of the molecule is CCOC1(OCC)CCN(C(=O)OC(C)(C)C)CC1NC(=O)c1ccc(OC(C)=O)cc1. The minimum absolute atomic E-state index is 0.173. The first-order valence-electron chi connectivity index (χ1n) is 10.8. The van der Waals surface area contributed by atoms with E-state index >= 15 is 0 Å². The van der Waals surface area contributed by atoms with Gasteiger partial charge < -0.3 is 29.2 Å². The first-order chi connectivity index (χ1) is 15.0. The number of benzene rings is 1. The summed E-state index contributed by atoms with van der Waals surface area (Å²) in [5.41, 5.74) is -0.259. The molecule has 0 bridgehead atoms. The van der Waals surface area contributed by atoms with E-state index in [0.29, 0.717) is 37.5 Å². The third-order valence-corrected chi connectivity index (χ3v) is 4.78. The lowest BCUT2D eigenvalue weighted by Gasteiger charge is -2.46. The minimum atomic E-state index is -1.06. The van der Waals surface area contributed by atoms with E-state index in [1.807, 2.05) is 13.8 Å². The van der Waals surface area contributed by atoms with Crippen molar-refractivity contribution < 1.29 is 33.3 Å². The quantitative estimate of drug-likeness (QED) is 0.387. The molecule has 1 atom stereocenters. The largest absolute Gasteiger partial charge is 0.444 e. The highest BCUT2D eigenvalue weighted by Crippen LogP contribution is 2.30. The average Bonchev–Trinajstić information content (AvgIpc) is 2.68. The van der Waals surface area contributed by atoms with Crippen LogP contribution in [0.3, 0.4) is 0 Å². The van der Waals surface area contributed by atoms with Gasteiger partial charge in [-0.1, -0.05) is 0 Å². The third kappa shape index (κ3) is 6.93. The van der Waals surface area contributed by atoms with E-state index in [9.17, 15) is 14.4 Å². The van der Waals surface area contributed by atoms with Crippen molar-refractivity contribution in [1.82, 2.24) is 10.2 Å². The molecule has 1 aliphatic heterocycles. The van der Waals surface area contributed by atoms with Gasteiger partial charge in [0.25, 0.3) is 5.91 Å². The first-order valence-corrected chi connectivity index (χ1v) is 10.8.